The number of hydrogen-bond acceptors (Lipinski definition) is 6. The second-order valence-electron chi connectivity index (χ2n) is 7.56. The van der Waals surface area contributed by atoms with Crippen LogP contribution in [0, 0.1) is 6.92 Å². The maximum absolute atomic E-state index is 12.5. The van der Waals surface area contributed by atoms with Crippen molar-refractivity contribution in [2.75, 3.05) is 49.9 Å². The van der Waals surface area contributed by atoms with Crippen LogP contribution < -0.4 is 10.2 Å². The fourth-order valence-electron chi connectivity index (χ4n) is 3.71. The van der Waals surface area contributed by atoms with Gasteiger partial charge in [-0.15, -0.1) is 24.2 Å². The number of rotatable bonds is 7. The summed E-state index contributed by atoms with van der Waals surface area (Å²) in [4.78, 5) is 23.2. The minimum absolute atomic E-state index is 0. The molecule has 0 radical (unpaired) electrons. The molecule has 1 fully saturated rings. The van der Waals surface area contributed by atoms with E-state index in [9.17, 15) is 4.79 Å². The van der Waals surface area contributed by atoms with Gasteiger partial charge < -0.3 is 10.2 Å². The highest BCUT2D eigenvalue weighted by Crippen LogP contribution is 2.33. The standard InChI is InChI=1S/C23H27ClN4OS2.ClH/c1-3-30-18-6-4-5-17(15-18)22(29)25-9-10-27-11-13-28(14-12-27)23-26-21-16(2)19(24)7-8-20(21)31-23;/h4-8,15H,3,9-14H2,1-2H3,(H,25,29);1H. The lowest BCUT2D eigenvalue weighted by molar-refractivity contribution is 0.0947. The van der Waals surface area contributed by atoms with Crippen molar-refractivity contribution in [1.82, 2.24) is 15.2 Å². The van der Waals surface area contributed by atoms with Crippen LogP contribution in [0.4, 0.5) is 5.13 Å². The van der Waals surface area contributed by atoms with Crippen LogP contribution in [0.15, 0.2) is 41.3 Å². The highest BCUT2D eigenvalue weighted by atomic mass is 35.5. The molecule has 0 bridgehead atoms. The fraction of sp³-hybridized carbons (Fsp3) is 0.391. The highest BCUT2D eigenvalue weighted by Gasteiger charge is 2.20. The quantitative estimate of drug-likeness (QED) is 0.434. The van der Waals surface area contributed by atoms with Crippen LogP contribution in [-0.4, -0.2) is 60.8 Å². The van der Waals surface area contributed by atoms with Gasteiger partial charge in [0.15, 0.2) is 5.13 Å². The zero-order chi connectivity index (χ0) is 21.8. The molecule has 1 saturated heterocycles. The zero-order valence-electron chi connectivity index (χ0n) is 18.3. The number of thioether (sulfide) groups is 1. The van der Waals surface area contributed by atoms with Gasteiger partial charge in [-0.2, -0.15) is 0 Å². The Kier molecular flexibility index (Phi) is 9.08. The summed E-state index contributed by atoms with van der Waals surface area (Å²) in [5.41, 5.74) is 2.79. The van der Waals surface area contributed by atoms with E-state index in [0.717, 1.165) is 70.2 Å². The number of nitrogens with one attached hydrogen (secondary N) is 1. The number of nitrogens with zero attached hydrogens (tertiary/aromatic N) is 3. The third-order valence-electron chi connectivity index (χ3n) is 5.50. The van der Waals surface area contributed by atoms with Crippen molar-refractivity contribution in [3.8, 4) is 0 Å². The molecule has 0 spiro atoms. The molecule has 0 saturated carbocycles. The third kappa shape index (κ3) is 5.88. The van der Waals surface area contributed by atoms with Gasteiger partial charge in [-0.05, 0) is 48.6 Å². The number of amides is 1. The molecule has 9 heteroatoms. The Morgan fingerprint density at radius 3 is 2.75 bits per heavy atom. The Balaban J connectivity index is 0.00000289. The van der Waals surface area contributed by atoms with E-state index in [4.69, 9.17) is 16.6 Å². The molecular weight excluding hydrogens is 483 g/mol. The molecule has 1 aromatic heterocycles. The maximum atomic E-state index is 12.5. The first-order valence-electron chi connectivity index (χ1n) is 10.6. The second-order valence-corrected chi connectivity index (χ2v) is 10.3. The van der Waals surface area contributed by atoms with E-state index in [0.29, 0.717) is 6.54 Å². The number of halogens is 2. The monoisotopic (exact) mass is 510 g/mol. The van der Waals surface area contributed by atoms with E-state index in [1.807, 2.05) is 37.3 Å². The smallest absolute Gasteiger partial charge is 0.251 e. The van der Waals surface area contributed by atoms with Crippen molar-refractivity contribution in [1.29, 1.82) is 0 Å². The molecule has 1 aliphatic rings. The molecule has 0 unspecified atom stereocenters. The Bertz CT molecular complexity index is 1070. The predicted octanol–water partition coefficient (Wildman–Crippen LogP) is 5.34. The number of aryl methyl sites for hydroxylation is 1. The minimum Gasteiger partial charge on any atom is -0.351 e. The summed E-state index contributed by atoms with van der Waals surface area (Å²) < 4.78 is 1.18. The summed E-state index contributed by atoms with van der Waals surface area (Å²) in [5.74, 6) is 1.00. The minimum atomic E-state index is 0. The van der Waals surface area contributed by atoms with Gasteiger partial charge >= 0.3 is 0 Å². The number of hydrogen-bond donors (Lipinski definition) is 1. The number of aromatic nitrogens is 1. The summed E-state index contributed by atoms with van der Waals surface area (Å²) in [7, 11) is 0. The summed E-state index contributed by atoms with van der Waals surface area (Å²) >= 11 is 9.73. The largest absolute Gasteiger partial charge is 0.351 e. The van der Waals surface area contributed by atoms with Crippen LogP contribution in [0.5, 0.6) is 0 Å². The van der Waals surface area contributed by atoms with Gasteiger partial charge in [0.1, 0.15) is 0 Å². The van der Waals surface area contributed by atoms with Gasteiger partial charge in [0.25, 0.3) is 5.91 Å². The molecule has 1 amide bonds. The lowest BCUT2D eigenvalue weighted by atomic mass is 10.2. The Labute approximate surface area is 208 Å². The number of piperazine rings is 1. The lowest BCUT2D eigenvalue weighted by Crippen LogP contribution is -2.48. The summed E-state index contributed by atoms with van der Waals surface area (Å²) in [6.45, 7) is 9.47. The van der Waals surface area contributed by atoms with Crippen LogP contribution in [0.25, 0.3) is 10.2 Å². The molecule has 3 aromatic rings. The second kappa shape index (κ2) is 11.6. The van der Waals surface area contributed by atoms with Crippen LogP contribution in [0.3, 0.4) is 0 Å². The number of anilines is 1. The molecule has 4 rings (SSSR count). The van der Waals surface area contributed by atoms with Crippen molar-refractivity contribution in [2.24, 2.45) is 0 Å². The number of carbonyl (C=O) groups is 1. The van der Waals surface area contributed by atoms with E-state index in [1.54, 1.807) is 23.1 Å². The summed E-state index contributed by atoms with van der Waals surface area (Å²) in [5, 5.41) is 4.90. The Morgan fingerprint density at radius 1 is 1.22 bits per heavy atom. The van der Waals surface area contributed by atoms with E-state index in [2.05, 4.69) is 28.1 Å². The Hall–Kier alpha value is -1.51. The van der Waals surface area contributed by atoms with Crippen molar-refractivity contribution < 1.29 is 4.79 Å². The lowest BCUT2D eigenvalue weighted by Gasteiger charge is -2.34. The average molecular weight is 512 g/mol. The van der Waals surface area contributed by atoms with Gasteiger partial charge in [0.05, 0.1) is 10.2 Å². The number of carbonyl (C=O) groups excluding carboxylic acids is 1. The van der Waals surface area contributed by atoms with Gasteiger partial charge in [0.2, 0.25) is 0 Å². The van der Waals surface area contributed by atoms with Crippen molar-refractivity contribution in [3.05, 3.63) is 52.5 Å². The first-order chi connectivity index (χ1) is 15.0. The molecule has 32 heavy (non-hydrogen) atoms. The molecular formula is C23H28Cl2N4OS2. The van der Waals surface area contributed by atoms with Crippen molar-refractivity contribution >= 4 is 68.4 Å². The third-order valence-corrected chi connectivity index (χ3v) is 7.87. The van der Waals surface area contributed by atoms with Crippen LogP contribution in [0.2, 0.25) is 5.02 Å². The molecule has 5 nitrogen and oxygen atoms in total. The molecule has 0 atom stereocenters. The van der Waals surface area contributed by atoms with Crippen molar-refractivity contribution in [3.63, 3.8) is 0 Å². The molecule has 1 N–H and O–H groups in total. The molecule has 172 valence electrons. The molecule has 1 aliphatic heterocycles. The van der Waals surface area contributed by atoms with Crippen LogP contribution in [-0.2, 0) is 0 Å². The fourth-order valence-corrected chi connectivity index (χ4v) is 5.66. The first kappa shape index (κ1) is 25.1. The first-order valence-corrected chi connectivity index (χ1v) is 12.8. The molecule has 0 aliphatic carbocycles. The number of fused-ring (bicyclic) bond motifs is 1. The average Bonchev–Trinajstić information content (AvgIpc) is 3.22. The number of benzene rings is 2. The zero-order valence-corrected chi connectivity index (χ0v) is 21.5. The van der Waals surface area contributed by atoms with Crippen LogP contribution >= 0.6 is 47.1 Å². The normalized spacial score (nSPS) is 14.4. The van der Waals surface area contributed by atoms with Gasteiger partial charge in [0, 0.05) is 54.8 Å². The van der Waals surface area contributed by atoms with Gasteiger partial charge in [-0.3, -0.25) is 9.69 Å². The summed E-state index contributed by atoms with van der Waals surface area (Å²) in [6.07, 6.45) is 0. The van der Waals surface area contributed by atoms with Gasteiger partial charge in [-0.25, -0.2) is 4.98 Å². The topological polar surface area (TPSA) is 48.5 Å². The van der Waals surface area contributed by atoms with E-state index < -0.39 is 0 Å². The molecule has 2 heterocycles. The molecule has 2 aromatic carbocycles. The SMILES string of the molecule is CCSc1cccc(C(=O)NCCN2CCN(c3nc4c(C)c(Cl)ccc4s3)CC2)c1.Cl. The summed E-state index contributed by atoms with van der Waals surface area (Å²) in [6, 6.07) is 11.8. The maximum Gasteiger partial charge on any atom is 0.251 e. The van der Waals surface area contributed by atoms with Crippen LogP contribution in [0.1, 0.15) is 22.8 Å². The van der Waals surface area contributed by atoms with E-state index in [1.165, 1.54) is 4.70 Å². The van der Waals surface area contributed by atoms with Gasteiger partial charge in [-0.1, -0.05) is 35.9 Å². The van der Waals surface area contributed by atoms with E-state index >= 15 is 0 Å². The van der Waals surface area contributed by atoms with E-state index in [-0.39, 0.29) is 18.3 Å². The number of thiazole rings is 1. The Morgan fingerprint density at radius 2 is 2.00 bits per heavy atom. The van der Waals surface area contributed by atoms with Crippen molar-refractivity contribution in [2.45, 2.75) is 18.7 Å². The highest BCUT2D eigenvalue weighted by molar-refractivity contribution is 7.99. The predicted molar refractivity (Wildman–Crippen MR) is 140 cm³/mol.